The molecule has 0 spiro atoms. The molecule has 1 aromatic heterocycles. The maximum absolute atomic E-state index is 9.88. The number of aromatic nitrogens is 2. The van der Waals surface area contributed by atoms with Crippen LogP contribution in [0.3, 0.4) is 0 Å². The molecule has 1 unspecified atom stereocenters. The predicted molar refractivity (Wildman–Crippen MR) is 65.1 cm³/mol. The van der Waals surface area contributed by atoms with Crippen molar-refractivity contribution in [3.63, 3.8) is 0 Å². The fourth-order valence-electron chi connectivity index (χ4n) is 1.50. The molecule has 0 amide bonds. The molecule has 0 radical (unpaired) electrons. The van der Waals surface area contributed by atoms with E-state index in [9.17, 15) is 5.11 Å². The second-order valence-electron chi connectivity index (χ2n) is 3.68. The molecular weight excluding hydrogens is 240 g/mol. The van der Waals surface area contributed by atoms with Crippen LogP contribution in [0.4, 0.5) is 0 Å². The molecule has 0 aliphatic rings. The molecule has 0 aliphatic heterocycles. The monoisotopic (exact) mass is 252 g/mol. The Balaban J connectivity index is 1.97. The van der Waals surface area contributed by atoms with Gasteiger partial charge >= 0.3 is 0 Å². The van der Waals surface area contributed by atoms with Gasteiger partial charge in [0.15, 0.2) is 0 Å². The molecule has 0 saturated carbocycles. The van der Waals surface area contributed by atoms with Gasteiger partial charge in [-0.25, -0.2) is 4.98 Å². The number of aliphatic hydroxyl groups is 1. The summed E-state index contributed by atoms with van der Waals surface area (Å²) >= 11 is 5.83. The number of rotatable bonds is 4. The van der Waals surface area contributed by atoms with Crippen molar-refractivity contribution in [3.8, 4) is 5.75 Å². The van der Waals surface area contributed by atoms with Gasteiger partial charge in [-0.1, -0.05) is 17.7 Å². The Labute approximate surface area is 104 Å². The lowest BCUT2D eigenvalue weighted by molar-refractivity contribution is 0.0984. The van der Waals surface area contributed by atoms with Crippen molar-refractivity contribution in [2.45, 2.75) is 6.10 Å². The summed E-state index contributed by atoms with van der Waals surface area (Å²) in [5.41, 5.74) is 0. The average molecular weight is 253 g/mol. The Morgan fingerprint density at radius 2 is 2.35 bits per heavy atom. The van der Waals surface area contributed by atoms with Gasteiger partial charge in [0, 0.05) is 24.5 Å². The number of nitrogens with zero attached hydrogens (tertiary/aromatic N) is 2. The normalized spacial score (nSPS) is 12.4. The minimum atomic E-state index is -0.756. The molecule has 1 atom stereocenters. The van der Waals surface area contributed by atoms with Gasteiger partial charge in [-0.2, -0.15) is 0 Å². The van der Waals surface area contributed by atoms with Crippen molar-refractivity contribution in [1.29, 1.82) is 0 Å². The number of aliphatic hydroxyl groups excluding tert-OH is 1. The van der Waals surface area contributed by atoms with Crippen molar-refractivity contribution in [1.82, 2.24) is 9.55 Å². The van der Waals surface area contributed by atoms with E-state index in [0.29, 0.717) is 16.6 Å². The molecule has 0 aliphatic carbocycles. The molecule has 90 valence electrons. The van der Waals surface area contributed by atoms with Crippen LogP contribution in [0, 0.1) is 0 Å². The van der Waals surface area contributed by atoms with Crippen LogP contribution in [0.25, 0.3) is 0 Å². The van der Waals surface area contributed by atoms with E-state index in [2.05, 4.69) is 4.98 Å². The van der Waals surface area contributed by atoms with E-state index in [1.165, 1.54) is 0 Å². The van der Waals surface area contributed by atoms with E-state index in [4.69, 9.17) is 16.3 Å². The average Bonchev–Trinajstić information content (AvgIpc) is 2.72. The minimum absolute atomic E-state index is 0.144. The summed E-state index contributed by atoms with van der Waals surface area (Å²) in [6, 6.07) is 7.05. The first-order chi connectivity index (χ1) is 8.16. The molecule has 2 aromatic rings. The van der Waals surface area contributed by atoms with Crippen molar-refractivity contribution >= 4 is 11.6 Å². The second kappa shape index (κ2) is 5.21. The van der Waals surface area contributed by atoms with Gasteiger partial charge in [-0.3, -0.25) is 0 Å². The molecule has 4 nitrogen and oxygen atoms in total. The zero-order valence-electron chi connectivity index (χ0n) is 9.38. The number of hydrogen-bond acceptors (Lipinski definition) is 3. The summed E-state index contributed by atoms with van der Waals surface area (Å²) in [4.78, 5) is 4.05. The number of halogens is 1. The van der Waals surface area contributed by atoms with E-state index in [0.717, 1.165) is 0 Å². The lowest BCUT2D eigenvalue weighted by Crippen LogP contribution is -2.13. The lowest BCUT2D eigenvalue weighted by Gasteiger charge is -2.12. The molecular formula is C12H13ClN2O2. The molecule has 1 N–H and O–H groups in total. The third-order valence-corrected chi connectivity index (χ3v) is 2.60. The minimum Gasteiger partial charge on any atom is -0.490 e. The van der Waals surface area contributed by atoms with Gasteiger partial charge in [-0.05, 0) is 18.2 Å². The highest BCUT2D eigenvalue weighted by molar-refractivity contribution is 6.30. The Hall–Kier alpha value is -1.52. The van der Waals surface area contributed by atoms with E-state index in [1.807, 2.05) is 7.05 Å². The van der Waals surface area contributed by atoms with Crippen LogP contribution in [0.5, 0.6) is 5.75 Å². The van der Waals surface area contributed by atoms with E-state index in [1.54, 1.807) is 41.2 Å². The Morgan fingerprint density at radius 3 is 3.00 bits per heavy atom. The number of benzene rings is 1. The van der Waals surface area contributed by atoms with Crippen LogP contribution in [0.15, 0.2) is 36.7 Å². The zero-order valence-corrected chi connectivity index (χ0v) is 10.1. The molecule has 0 bridgehead atoms. The van der Waals surface area contributed by atoms with Gasteiger partial charge in [0.05, 0.1) is 0 Å². The number of hydrogen-bond donors (Lipinski definition) is 1. The van der Waals surface area contributed by atoms with Gasteiger partial charge in [0.1, 0.15) is 24.3 Å². The maximum Gasteiger partial charge on any atom is 0.146 e. The standard InChI is InChI=1S/C12H13ClN2O2/c1-15-6-5-14-12(15)11(16)8-17-10-4-2-3-9(13)7-10/h2-7,11,16H,8H2,1H3. The fraction of sp³-hybridized carbons (Fsp3) is 0.250. The number of ether oxygens (including phenoxy) is 1. The van der Waals surface area contributed by atoms with Crippen LogP contribution in [0.2, 0.25) is 5.02 Å². The predicted octanol–water partition coefficient (Wildman–Crippen LogP) is 2.19. The first kappa shape index (κ1) is 12.0. The molecule has 2 rings (SSSR count). The van der Waals surface area contributed by atoms with Gasteiger partial charge in [0.2, 0.25) is 0 Å². The molecule has 1 aromatic carbocycles. The summed E-state index contributed by atoms with van der Waals surface area (Å²) in [6.07, 6.45) is 2.66. The van der Waals surface area contributed by atoms with Gasteiger partial charge in [-0.15, -0.1) is 0 Å². The largest absolute Gasteiger partial charge is 0.490 e. The second-order valence-corrected chi connectivity index (χ2v) is 4.12. The highest BCUT2D eigenvalue weighted by Crippen LogP contribution is 2.19. The SMILES string of the molecule is Cn1ccnc1C(O)COc1cccc(Cl)c1. The lowest BCUT2D eigenvalue weighted by atomic mass is 10.3. The molecule has 0 fully saturated rings. The molecule has 0 saturated heterocycles. The Morgan fingerprint density at radius 1 is 1.53 bits per heavy atom. The Kier molecular flexibility index (Phi) is 3.66. The van der Waals surface area contributed by atoms with Crippen molar-refractivity contribution in [2.24, 2.45) is 7.05 Å². The molecule has 1 heterocycles. The van der Waals surface area contributed by atoms with Crippen LogP contribution in [0.1, 0.15) is 11.9 Å². The number of aryl methyl sites for hydroxylation is 1. The summed E-state index contributed by atoms with van der Waals surface area (Å²) in [5.74, 6) is 1.21. The summed E-state index contributed by atoms with van der Waals surface area (Å²) in [6.45, 7) is 0.144. The van der Waals surface area contributed by atoms with Crippen LogP contribution in [-0.4, -0.2) is 21.3 Å². The molecule has 17 heavy (non-hydrogen) atoms. The highest BCUT2D eigenvalue weighted by Gasteiger charge is 2.12. The summed E-state index contributed by atoms with van der Waals surface area (Å²) in [5, 5.41) is 10.5. The van der Waals surface area contributed by atoms with E-state index < -0.39 is 6.10 Å². The van der Waals surface area contributed by atoms with E-state index in [-0.39, 0.29) is 6.61 Å². The Bertz CT molecular complexity index is 499. The first-order valence-corrected chi connectivity index (χ1v) is 5.58. The summed E-state index contributed by atoms with van der Waals surface area (Å²) < 4.78 is 7.20. The quantitative estimate of drug-likeness (QED) is 0.907. The van der Waals surface area contributed by atoms with Crippen LogP contribution >= 0.6 is 11.6 Å². The maximum atomic E-state index is 9.88. The smallest absolute Gasteiger partial charge is 0.146 e. The van der Waals surface area contributed by atoms with Crippen LogP contribution < -0.4 is 4.74 Å². The topological polar surface area (TPSA) is 47.3 Å². The van der Waals surface area contributed by atoms with Crippen molar-refractivity contribution in [2.75, 3.05) is 6.61 Å². The first-order valence-electron chi connectivity index (χ1n) is 5.20. The molecule has 5 heteroatoms. The third kappa shape index (κ3) is 2.99. The van der Waals surface area contributed by atoms with Gasteiger partial charge < -0.3 is 14.4 Å². The third-order valence-electron chi connectivity index (χ3n) is 2.36. The number of imidazole rings is 1. The van der Waals surface area contributed by atoms with Crippen molar-refractivity contribution < 1.29 is 9.84 Å². The van der Waals surface area contributed by atoms with Crippen molar-refractivity contribution in [3.05, 3.63) is 47.5 Å². The fourth-order valence-corrected chi connectivity index (χ4v) is 1.68. The summed E-state index contributed by atoms with van der Waals surface area (Å²) in [7, 11) is 1.82. The highest BCUT2D eigenvalue weighted by atomic mass is 35.5. The zero-order chi connectivity index (χ0) is 12.3. The van der Waals surface area contributed by atoms with Crippen LogP contribution in [-0.2, 0) is 7.05 Å². The van der Waals surface area contributed by atoms with E-state index >= 15 is 0 Å². The van der Waals surface area contributed by atoms with Gasteiger partial charge in [0.25, 0.3) is 0 Å².